The van der Waals surface area contributed by atoms with E-state index in [0.717, 1.165) is 5.56 Å². The fourth-order valence-corrected chi connectivity index (χ4v) is 2.75. The first-order valence-corrected chi connectivity index (χ1v) is 9.70. The van der Waals surface area contributed by atoms with Gasteiger partial charge in [-0.15, -0.1) is 0 Å². The van der Waals surface area contributed by atoms with Crippen LogP contribution in [0.5, 0.6) is 5.88 Å². The second-order valence-electron chi connectivity index (χ2n) is 6.74. The zero-order valence-electron chi connectivity index (χ0n) is 16.8. The van der Waals surface area contributed by atoms with E-state index in [1.54, 1.807) is 43.6 Å². The number of rotatable bonds is 10. The number of hydrogen-bond acceptors (Lipinski definition) is 5. The Labute approximate surface area is 175 Å². The number of aromatic nitrogens is 1. The molecule has 1 aromatic heterocycles. The Balaban J connectivity index is 1.92. The normalized spacial score (nSPS) is 11.8. The van der Waals surface area contributed by atoms with E-state index in [9.17, 15) is 9.59 Å². The molecule has 1 unspecified atom stereocenters. The van der Waals surface area contributed by atoms with Gasteiger partial charge in [-0.25, -0.2) is 4.98 Å². The first-order valence-electron chi connectivity index (χ1n) is 9.32. The largest absolute Gasteiger partial charge is 0.475 e. The van der Waals surface area contributed by atoms with Crippen LogP contribution in [-0.4, -0.2) is 43.2 Å². The van der Waals surface area contributed by atoms with Crippen molar-refractivity contribution in [2.75, 3.05) is 20.3 Å². The van der Waals surface area contributed by atoms with Gasteiger partial charge in [0.25, 0.3) is 5.91 Å². The highest BCUT2D eigenvalue weighted by Crippen LogP contribution is 2.15. The molecule has 7 nitrogen and oxygen atoms in total. The Morgan fingerprint density at radius 1 is 1.14 bits per heavy atom. The third-order valence-electron chi connectivity index (χ3n) is 4.16. The Kier molecular flexibility index (Phi) is 8.89. The van der Waals surface area contributed by atoms with Crippen LogP contribution in [0.15, 0.2) is 42.6 Å². The zero-order valence-corrected chi connectivity index (χ0v) is 17.5. The van der Waals surface area contributed by atoms with Crippen molar-refractivity contribution in [3.8, 4) is 5.88 Å². The maximum atomic E-state index is 12.6. The lowest BCUT2D eigenvalue weighted by molar-refractivity contribution is -0.124. The molecule has 0 radical (unpaired) electrons. The lowest BCUT2D eigenvalue weighted by Gasteiger charge is -2.22. The second-order valence-corrected chi connectivity index (χ2v) is 7.15. The third kappa shape index (κ3) is 7.03. The SMILES string of the molecule is COCCOc1ccc(CNC(=O)C(NC(=O)c2ccccc2Cl)C(C)C)cn1. The molecule has 156 valence electrons. The topological polar surface area (TPSA) is 89.5 Å². The van der Waals surface area contributed by atoms with E-state index >= 15 is 0 Å². The molecule has 0 saturated carbocycles. The summed E-state index contributed by atoms with van der Waals surface area (Å²) in [6.07, 6.45) is 1.63. The number of nitrogens with zero attached hydrogens (tertiary/aromatic N) is 1. The second kappa shape index (κ2) is 11.4. The van der Waals surface area contributed by atoms with Crippen molar-refractivity contribution in [2.45, 2.75) is 26.4 Å². The van der Waals surface area contributed by atoms with Gasteiger partial charge in [0.1, 0.15) is 12.6 Å². The summed E-state index contributed by atoms with van der Waals surface area (Å²) in [5, 5.41) is 5.94. The van der Waals surface area contributed by atoms with E-state index in [0.29, 0.717) is 29.7 Å². The summed E-state index contributed by atoms with van der Waals surface area (Å²) in [7, 11) is 1.60. The Hall–Kier alpha value is -2.64. The molecule has 0 aliphatic carbocycles. The molecule has 0 aliphatic rings. The van der Waals surface area contributed by atoms with Crippen LogP contribution >= 0.6 is 11.6 Å². The number of methoxy groups -OCH3 is 1. The number of amides is 2. The van der Waals surface area contributed by atoms with Crippen molar-refractivity contribution < 1.29 is 19.1 Å². The lowest BCUT2D eigenvalue weighted by atomic mass is 10.0. The molecule has 1 heterocycles. The molecular formula is C21H26ClN3O4. The molecule has 8 heteroatoms. The summed E-state index contributed by atoms with van der Waals surface area (Å²) in [5.74, 6) is -0.273. The Morgan fingerprint density at radius 2 is 1.90 bits per heavy atom. The molecule has 2 amide bonds. The number of halogens is 1. The van der Waals surface area contributed by atoms with Gasteiger partial charge in [0, 0.05) is 25.9 Å². The van der Waals surface area contributed by atoms with Gasteiger partial charge in [0.2, 0.25) is 11.8 Å². The third-order valence-corrected chi connectivity index (χ3v) is 4.49. The first kappa shape index (κ1) is 22.6. The molecule has 1 atom stereocenters. The number of nitrogens with one attached hydrogen (secondary N) is 2. The van der Waals surface area contributed by atoms with E-state index in [1.165, 1.54) is 0 Å². The molecular weight excluding hydrogens is 394 g/mol. The predicted octanol–water partition coefficient (Wildman–Crippen LogP) is 2.83. The zero-order chi connectivity index (χ0) is 21.2. The van der Waals surface area contributed by atoms with Crippen molar-refractivity contribution in [1.82, 2.24) is 15.6 Å². The van der Waals surface area contributed by atoms with E-state index in [1.807, 2.05) is 19.9 Å². The van der Waals surface area contributed by atoms with Gasteiger partial charge in [-0.3, -0.25) is 9.59 Å². The van der Waals surface area contributed by atoms with Crippen LogP contribution in [0.1, 0.15) is 29.8 Å². The maximum absolute atomic E-state index is 12.6. The van der Waals surface area contributed by atoms with Crippen LogP contribution < -0.4 is 15.4 Å². The summed E-state index contributed by atoms with van der Waals surface area (Å²) in [4.78, 5) is 29.3. The van der Waals surface area contributed by atoms with Gasteiger partial charge < -0.3 is 20.1 Å². The summed E-state index contributed by atoms with van der Waals surface area (Å²) in [6.45, 7) is 4.92. The van der Waals surface area contributed by atoms with Crippen molar-refractivity contribution in [3.63, 3.8) is 0 Å². The van der Waals surface area contributed by atoms with Crippen molar-refractivity contribution in [3.05, 3.63) is 58.7 Å². The lowest BCUT2D eigenvalue weighted by Crippen LogP contribution is -2.49. The maximum Gasteiger partial charge on any atom is 0.253 e. The minimum atomic E-state index is -0.691. The van der Waals surface area contributed by atoms with E-state index in [4.69, 9.17) is 21.1 Å². The monoisotopic (exact) mass is 419 g/mol. The standard InChI is InChI=1S/C21H26ClN3O4/c1-14(2)19(25-20(26)16-6-4-5-7-17(16)22)21(27)24-13-15-8-9-18(23-12-15)29-11-10-28-3/h4-9,12,14,19H,10-11,13H2,1-3H3,(H,24,27)(H,25,26). The minimum Gasteiger partial charge on any atom is -0.475 e. The van der Waals surface area contributed by atoms with Crippen LogP contribution in [0.2, 0.25) is 5.02 Å². The van der Waals surface area contributed by atoms with Crippen LogP contribution in [0.4, 0.5) is 0 Å². The quantitative estimate of drug-likeness (QED) is 0.578. The van der Waals surface area contributed by atoms with Crippen LogP contribution in [0, 0.1) is 5.92 Å². The van der Waals surface area contributed by atoms with Crippen LogP contribution in [0.3, 0.4) is 0 Å². The number of benzene rings is 1. The summed E-state index contributed by atoms with van der Waals surface area (Å²) >= 11 is 6.07. The number of pyridine rings is 1. The summed E-state index contributed by atoms with van der Waals surface area (Å²) in [5.41, 5.74) is 1.15. The van der Waals surface area contributed by atoms with Gasteiger partial charge in [-0.2, -0.15) is 0 Å². The van der Waals surface area contributed by atoms with Crippen molar-refractivity contribution >= 4 is 23.4 Å². The number of carbonyl (C=O) groups excluding carboxylic acids is 2. The fourth-order valence-electron chi connectivity index (χ4n) is 2.53. The van der Waals surface area contributed by atoms with Crippen LogP contribution in [0.25, 0.3) is 0 Å². The molecule has 0 bridgehead atoms. The van der Waals surface area contributed by atoms with Crippen molar-refractivity contribution in [1.29, 1.82) is 0 Å². The van der Waals surface area contributed by atoms with Gasteiger partial charge in [0.15, 0.2) is 0 Å². The minimum absolute atomic E-state index is 0.101. The van der Waals surface area contributed by atoms with Crippen molar-refractivity contribution in [2.24, 2.45) is 5.92 Å². The fraction of sp³-hybridized carbons (Fsp3) is 0.381. The number of hydrogen-bond donors (Lipinski definition) is 2. The molecule has 1 aromatic carbocycles. The molecule has 29 heavy (non-hydrogen) atoms. The molecule has 0 saturated heterocycles. The molecule has 0 spiro atoms. The summed E-state index contributed by atoms with van der Waals surface area (Å²) < 4.78 is 10.3. The van der Waals surface area contributed by atoms with Gasteiger partial charge in [-0.05, 0) is 23.6 Å². The average Bonchev–Trinajstić information content (AvgIpc) is 2.71. The van der Waals surface area contributed by atoms with Crippen LogP contribution in [-0.2, 0) is 16.1 Å². The van der Waals surface area contributed by atoms with E-state index in [-0.39, 0.29) is 24.3 Å². The Morgan fingerprint density at radius 3 is 2.52 bits per heavy atom. The highest BCUT2D eigenvalue weighted by Gasteiger charge is 2.25. The summed E-state index contributed by atoms with van der Waals surface area (Å²) in [6, 6.07) is 9.58. The molecule has 2 rings (SSSR count). The smallest absolute Gasteiger partial charge is 0.253 e. The molecule has 0 fully saturated rings. The highest BCUT2D eigenvalue weighted by molar-refractivity contribution is 6.33. The Bertz CT molecular complexity index is 812. The average molecular weight is 420 g/mol. The number of carbonyl (C=O) groups is 2. The van der Waals surface area contributed by atoms with E-state index in [2.05, 4.69) is 15.6 Å². The first-order chi connectivity index (χ1) is 13.9. The molecule has 2 aromatic rings. The molecule has 0 aliphatic heterocycles. The number of ether oxygens (including phenoxy) is 2. The molecule has 2 N–H and O–H groups in total. The van der Waals surface area contributed by atoms with Gasteiger partial charge in [-0.1, -0.05) is 43.6 Å². The van der Waals surface area contributed by atoms with Gasteiger partial charge in [0.05, 0.1) is 17.2 Å². The van der Waals surface area contributed by atoms with Gasteiger partial charge >= 0.3 is 0 Å². The predicted molar refractivity (Wildman–Crippen MR) is 111 cm³/mol. The van der Waals surface area contributed by atoms with E-state index < -0.39 is 6.04 Å². The highest BCUT2D eigenvalue weighted by atomic mass is 35.5.